The van der Waals surface area contributed by atoms with Crippen LogP contribution in [0.5, 0.6) is 0 Å². The Bertz CT molecular complexity index is 1110. The minimum Gasteiger partial charge on any atom is -0.464 e. The number of imidazole rings is 1. The number of thiazole rings is 1. The van der Waals surface area contributed by atoms with Gasteiger partial charge in [0.25, 0.3) is 5.91 Å². The zero-order chi connectivity index (χ0) is 27.5. The number of rotatable bonds is 8. The Kier molecular flexibility index (Phi) is 9.28. The fourth-order valence-electron chi connectivity index (χ4n) is 3.62. The molecule has 2 aromatic rings. The van der Waals surface area contributed by atoms with Gasteiger partial charge in [-0.2, -0.15) is 0 Å². The highest BCUT2D eigenvalue weighted by Crippen LogP contribution is 2.30. The maximum atomic E-state index is 13.4. The van der Waals surface area contributed by atoms with E-state index in [0.717, 1.165) is 4.88 Å². The number of hydrogen-bond donors (Lipinski definition) is 2. The molecule has 2 amide bonds. The third-order valence-electron chi connectivity index (χ3n) is 5.66. The van der Waals surface area contributed by atoms with Crippen LogP contribution >= 0.6 is 11.3 Å². The zero-order valence-electron chi connectivity index (χ0n) is 23.1. The number of hydrogen-bond acceptors (Lipinski definition) is 8. The first-order chi connectivity index (χ1) is 16.6. The van der Waals surface area contributed by atoms with E-state index in [-0.39, 0.29) is 29.1 Å². The molecule has 0 aromatic carbocycles. The lowest BCUT2D eigenvalue weighted by atomic mass is 10.0. The number of carbonyl (C=O) groups is 3. The molecular weight excluding hydrogens is 482 g/mol. The number of methoxy groups -OCH3 is 1. The number of esters is 1. The van der Waals surface area contributed by atoms with Gasteiger partial charge in [0.2, 0.25) is 0 Å². The largest absolute Gasteiger partial charge is 0.464 e. The van der Waals surface area contributed by atoms with Crippen molar-refractivity contribution in [1.82, 2.24) is 25.2 Å². The molecule has 2 rings (SSSR count). The van der Waals surface area contributed by atoms with E-state index < -0.39 is 29.7 Å². The first-order valence-electron chi connectivity index (χ1n) is 12.0. The van der Waals surface area contributed by atoms with E-state index in [2.05, 4.69) is 20.6 Å². The van der Waals surface area contributed by atoms with Crippen molar-refractivity contribution in [2.24, 2.45) is 18.9 Å². The number of carbonyl (C=O) groups excluding carboxylic acids is 3. The molecule has 0 aliphatic carbocycles. The highest BCUT2D eigenvalue weighted by atomic mass is 32.1. The molecule has 200 valence electrons. The molecule has 0 spiro atoms. The molecule has 0 unspecified atom stereocenters. The van der Waals surface area contributed by atoms with E-state index in [1.807, 2.05) is 46.2 Å². The second-order valence-corrected chi connectivity index (χ2v) is 11.7. The van der Waals surface area contributed by atoms with Crippen LogP contribution in [0.4, 0.5) is 4.79 Å². The van der Waals surface area contributed by atoms with Gasteiger partial charge in [0.05, 0.1) is 19.2 Å². The van der Waals surface area contributed by atoms with Crippen LogP contribution in [-0.4, -0.2) is 45.2 Å². The van der Waals surface area contributed by atoms with E-state index >= 15 is 0 Å². The zero-order valence-corrected chi connectivity index (χ0v) is 23.9. The quantitative estimate of drug-likeness (QED) is 0.485. The van der Waals surface area contributed by atoms with Crippen LogP contribution in [0.15, 0.2) is 0 Å². The molecule has 11 heteroatoms. The molecule has 0 aliphatic heterocycles. The Labute approximate surface area is 217 Å². The minimum absolute atomic E-state index is 0.00531. The first-order valence-corrected chi connectivity index (χ1v) is 12.8. The van der Waals surface area contributed by atoms with Gasteiger partial charge in [0.1, 0.15) is 22.1 Å². The maximum Gasteiger partial charge on any atom is 0.408 e. The van der Waals surface area contributed by atoms with Gasteiger partial charge in [-0.25, -0.2) is 19.6 Å². The maximum absolute atomic E-state index is 13.4. The van der Waals surface area contributed by atoms with Crippen molar-refractivity contribution in [3.63, 3.8) is 0 Å². The average molecular weight is 522 g/mol. The molecule has 2 aromatic heterocycles. The Balaban J connectivity index is 2.35. The Morgan fingerprint density at radius 1 is 0.944 bits per heavy atom. The summed E-state index contributed by atoms with van der Waals surface area (Å²) in [7, 11) is 3.12. The number of aromatic nitrogens is 3. The summed E-state index contributed by atoms with van der Waals surface area (Å²) in [5.74, 6) is -0.317. The van der Waals surface area contributed by atoms with Crippen LogP contribution in [0, 0.1) is 25.7 Å². The van der Waals surface area contributed by atoms with Gasteiger partial charge in [-0.05, 0) is 46.5 Å². The van der Waals surface area contributed by atoms with Crippen molar-refractivity contribution in [1.29, 1.82) is 0 Å². The van der Waals surface area contributed by atoms with Gasteiger partial charge in [0, 0.05) is 17.6 Å². The third-order valence-corrected chi connectivity index (χ3v) is 6.71. The van der Waals surface area contributed by atoms with Crippen molar-refractivity contribution in [3.05, 3.63) is 32.8 Å². The lowest BCUT2D eigenvalue weighted by molar-refractivity contribution is 0.0484. The molecule has 0 aliphatic rings. The van der Waals surface area contributed by atoms with E-state index in [0.29, 0.717) is 16.5 Å². The monoisotopic (exact) mass is 521 g/mol. The van der Waals surface area contributed by atoms with Gasteiger partial charge in [0.15, 0.2) is 5.69 Å². The molecule has 2 atom stereocenters. The lowest BCUT2D eigenvalue weighted by Gasteiger charge is -2.25. The van der Waals surface area contributed by atoms with Crippen LogP contribution in [0.25, 0.3) is 0 Å². The summed E-state index contributed by atoms with van der Waals surface area (Å²) in [6.07, 6.45) is -0.548. The Hall–Kier alpha value is -2.95. The highest BCUT2D eigenvalue weighted by molar-refractivity contribution is 7.12. The summed E-state index contributed by atoms with van der Waals surface area (Å²) < 4.78 is 12.0. The number of nitrogens with zero attached hydrogens (tertiary/aromatic N) is 3. The van der Waals surface area contributed by atoms with Gasteiger partial charge < -0.3 is 24.7 Å². The van der Waals surface area contributed by atoms with Crippen molar-refractivity contribution < 1.29 is 23.9 Å². The summed E-state index contributed by atoms with van der Waals surface area (Å²) in [4.78, 5) is 47.7. The van der Waals surface area contributed by atoms with E-state index in [1.54, 1.807) is 27.7 Å². The van der Waals surface area contributed by atoms with Gasteiger partial charge in [-0.15, -0.1) is 11.3 Å². The average Bonchev–Trinajstić information content (AvgIpc) is 3.28. The number of ether oxygens (including phenoxy) is 2. The molecule has 0 saturated heterocycles. The molecular formula is C25H39N5O5S. The molecule has 0 fully saturated rings. The van der Waals surface area contributed by atoms with Crippen molar-refractivity contribution in [2.45, 2.75) is 80.0 Å². The van der Waals surface area contributed by atoms with Crippen LogP contribution in [0.2, 0.25) is 0 Å². The number of nitrogens with one attached hydrogen (secondary N) is 2. The van der Waals surface area contributed by atoms with Gasteiger partial charge in [-0.1, -0.05) is 27.7 Å². The molecule has 0 bridgehead atoms. The summed E-state index contributed by atoms with van der Waals surface area (Å²) in [6.45, 7) is 16.9. The summed E-state index contributed by atoms with van der Waals surface area (Å²) in [5, 5.41) is 6.55. The molecule has 0 saturated carbocycles. The fraction of sp³-hybridized carbons (Fsp3) is 0.640. The smallest absolute Gasteiger partial charge is 0.408 e. The second kappa shape index (κ2) is 11.4. The lowest BCUT2D eigenvalue weighted by Crippen LogP contribution is -2.38. The SMILES string of the molecule is COC(=O)c1nc([C@@H](NC(=O)c2nc([C@@H](NC(=O)OC(C)(C)C)C(C)C)n(C)c2C)C(C)C)sc1C. The summed E-state index contributed by atoms with van der Waals surface area (Å²) >= 11 is 1.35. The number of alkyl carbamates (subject to hydrolysis) is 1. The standard InChI is InChI=1S/C25H39N5O5S/c1-12(2)16(29-24(33)35-25(7,8)9)20-26-18(14(5)30(20)10)21(31)27-17(13(3)4)22-28-19(15(6)36-22)23(32)34-11/h12-13,16-17H,1-11H3,(H,27,31)(H,29,33)/t16-,17-/m0/s1. The number of amides is 2. The Morgan fingerprint density at radius 3 is 2.03 bits per heavy atom. The molecule has 0 radical (unpaired) electrons. The van der Waals surface area contributed by atoms with Crippen LogP contribution < -0.4 is 10.6 Å². The number of aryl methyl sites for hydroxylation is 1. The topological polar surface area (TPSA) is 124 Å². The third kappa shape index (κ3) is 6.83. The van der Waals surface area contributed by atoms with Crippen molar-refractivity contribution in [2.75, 3.05) is 7.11 Å². The molecule has 10 nitrogen and oxygen atoms in total. The van der Waals surface area contributed by atoms with Gasteiger partial charge in [-0.3, -0.25) is 4.79 Å². The first kappa shape index (κ1) is 29.3. The van der Waals surface area contributed by atoms with E-state index in [9.17, 15) is 14.4 Å². The van der Waals surface area contributed by atoms with E-state index in [1.165, 1.54) is 18.4 Å². The molecule has 36 heavy (non-hydrogen) atoms. The molecule has 2 N–H and O–H groups in total. The van der Waals surface area contributed by atoms with Crippen molar-refractivity contribution in [3.8, 4) is 0 Å². The van der Waals surface area contributed by atoms with Crippen molar-refractivity contribution >= 4 is 29.3 Å². The predicted molar refractivity (Wildman–Crippen MR) is 138 cm³/mol. The predicted octanol–water partition coefficient (Wildman–Crippen LogP) is 4.63. The normalized spacial score (nSPS) is 13.5. The summed E-state index contributed by atoms with van der Waals surface area (Å²) in [6, 6.07) is -0.888. The molecule has 2 heterocycles. The van der Waals surface area contributed by atoms with Crippen LogP contribution in [0.3, 0.4) is 0 Å². The highest BCUT2D eigenvalue weighted by Gasteiger charge is 2.31. The Morgan fingerprint density at radius 2 is 1.53 bits per heavy atom. The second-order valence-electron chi connectivity index (χ2n) is 10.5. The van der Waals surface area contributed by atoms with Crippen LogP contribution in [-0.2, 0) is 16.5 Å². The fourth-order valence-corrected chi connectivity index (χ4v) is 4.75. The van der Waals surface area contributed by atoms with E-state index in [4.69, 9.17) is 9.47 Å². The summed E-state index contributed by atoms with van der Waals surface area (Å²) in [5.41, 5.74) is 0.535. The minimum atomic E-state index is -0.637. The van der Waals surface area contributed by atoms with Gasteiger partial charge >= 0.3 is 12.1 Å². The van der Waals surface area contributed by atoms with Crippen LogP contribution in [0.1, 0.15) is 103 Å².